The summed E-state index contributed by atoms with van der Waals surface area (Å²) in [4.78, 5) is 26.3. The third kappa shape index (κ3) is 1.97. The van der Waals surface area contributed by atoms with Crippen molar-refractivity contribution < 1.29 is 19.4 Å². The van der Waals surface area contributed by atoms with E-state index < -0.39 is 5.60 Å². The van der Waals surface area contributed by atoms with Crippen LogP contribution < -0.4 is 4.74 Å². The van der Waals surface area contributed by atoms with Gasteiger partial charge in [-0.1, -0.05) is 48.5 Å². The summed E-state index contributed by atoms with van der Waals surface area (Å²) in [5.74, 6) is 0.0613. The SMILES string of the molecule is C[C@@]12Oc3c(c(Br)c(O)c4ccccc34)C=C1C(=O)c1ccccc1C2=O. The van der Waals surface area contributed by atoms with Crippen LogP contribution in [0.25, 0.3) is 16.8 Å². The Morgan fingerprint density at radius 1 is 0.963 bits per heavy atom. The molecule has 2 aliphatic rings. The Kier molecular flexibility index (Phi) is 3.19. The van der Waals surface area contributed by atoms with E-state index in [0.29, 0.717) is 37.7 Å². The van der Waals surface area contributed by atoms with Crippen LogP contribution in [0, 0.1) is 0 Å². The average molecular weight is 421 g/mol. The molecule has 1 atom stereocenters. The molecule has 0 bridgehead atoms. The number of phenolic OH excluding ortho intramolecular Hbond substituents is 1. The molecule has 0 unspecified atom stereocenters. The third-order valence-electron chi connectivity index (χ3n) is 5.32. The van der Waals surface area contributed by atoms with Crippen molar-refractivity contribution in [2.24, 2.45) is 0 Å². The van der Waals surface area contributed by atoms with E-state index in [1.807, 2.05) is 18.2 Å². The number of ether oxygens (including phenoxy) is 1. The summed E-state index contributed by atoms with van der Waals surface area (Å²) >= 11 is 3.42. The van der Waals surface area contributed by atoms with Gasteiger partial charge in [0.15, 0.2) is 11.4 Å². The maximum Gasteiger partial charge on any atom is 0.211 e. The van der Waals surface area contributed by atoms with Gasteiger partial charge in [0.25, 0.3) is 0 Å². The number of ketones is 2. The van der Waals surface area contributed by atoms with Crippen LogP contribution in [0.4, 0.5) is 0 Å². The minimum Gasteiger partial charge on any atom is -0.506 e. The van der Waals surface area contributed by atoms with Gasteiger partial charge < -0.3 is 9.84 Å². The molecule has 3 aromatic rings. The highest BCUT2D eigenvalue weighted by molar-refractivity contribution is 9.10. The summed E-state index contributed by atoms with van der Waals surface area (Å²) < 4.78 is 6.67. The zero-order valence-corrected chi connectivity index (χ0v) is 15.8. The summed E-state index contributed by atoms with van der Waals surface area (Å²) in [5.41, 5.74) is 0.165. The Morgan fingerprint density at radius 2 is 1.59 bits per heavy atom. The number of fused-ring (bicyclic) bond motifs is 5. The van der Waals surface area contributed by atoms with E-state index >= 15 is 0 Å². The first kappa shape index (κ1) is 16.3. The van der Waals surface area contributed by atoms with Crippen molar-refractivity contribution in [2.45, 2.75) is 12.5 Å². The van der Waals surface area contributed by atoms with E-state index in [1.165, 1.54) is 0 Å². The van der Waals surface area contributed by atoms with Crippen LogP contribution in [-0.4, -0.2) is 22.3 Å². The van der Waals surface area contributed by atoms with Crippen molar-refractivity contribution in [1.82, 2.24) is 0 Å². The Bertz CT molecular complexity index is 1220. The molecule has 0 saturated heterocycles. The normalized spacial score (nSPS) is 20.4. The highest BCUT2D eigenvalue weighted by Gasteiger charge is 2.51. The second-order valence-corrected chi connectivity index (χ2v) is 7.64. The lowest BCUT2D eigenvalue weighted by Crippen LogP contribution is -2.50. The van der Waals surface area contributed by atoms with Gasteiger partial charge in [-0.15, -0.1) is 0 Å². The second-order valence-electron chi connectivity index (χ2n) is 6.85. The van der Waals surface area contributed by atoms with E-state index in [2.05, 4.69) is 15.9 Å². The molecule has 0 radical (unpaired) electrons. The van der Waals surface area contributed by atoms with Gasteiger partial charge in [-0.05, 0) is 28.9 Å². The first-order valence-electron chi connectivity index (χ1n) is 8.46. The van der Waals surface area contributed by atoms with Gasteiger partial charge in [0.1, 0.15) is 11.5 Å². The number of hydrogen-bond donors (Lipinski definition) is 1. The van der Waals surface area contributed by atoms with E-state index in [-0.39, 0.29) is 22.9 Å². The number of benzene rings is 3. The van der Waals surface area contributed by atoms with E-state index in [0.717, 1.165) is 0 Å². The molecule has 1 N–H and O–H groups in total. The molecule has 1 aliphatic carbocycles. The van der Waals surface area contributed by atoms with Gasteiger partial charge >= 0.3 is 0 Å². The van der Waals surface area contributed by atoms with Crippen LogP contribution in [0.1, 0.15) is 33.2 Å². The average Bonchev–Trinajstić information content (AvgIpc) is 2.70. The first-order valence-corrected chi connectivity index (χ1v) is 9.25. The van der Waals surface area contributed by atoms with Crippen LogP contribution >= 0.6 is 15.9 Å². The standard InChI is InChI=1S/C22H13BrO4/c1-22-16(18(24)12-7-3-5-9-14(12)21(22)26)10-15-17(23)19(25)11-6-2-4-8-13(11)20(15)27-22/h2-10,25H,1H3/t22-/m1/s1. The number of hydrogen-bond acceptors (Lipinski definition) is 4. The molecule has 0 amide bonds. The van der Waals surface area contributed by atoms with Crippen LogP contribution in [-0.2, 0) is 0 Å². The highest BCUT2D eigenvalue weighted by atomic mass is 79.9. The fraction of sp³-hybridized carbons (Fsp3) is 0.0909. The molecule has 0 fully saturated rings. The molecule has 0 saturated carbocycles. The topological polar surface area (TPSA) is 63.6 Å². The molecule has 4 nitrogen and oxygen atoms in total. The predicted molar refractivity (Wildman–Crippen MR) is 105 cm³/mol. The molecular formula is C22H13BrO4. The van der Waals surface area contributed by atoms with Gasteiger partial charge in [-0.2, -0.15) is 0 Å². The van der Waals surface area contributed by atoms with Gasteiger partial charge in [0, 0.05) is 27.5 Å². The fourth-order valence-corrected chi connectivity index (χ4v) is 4.40. The van der Waals surface area contributed by atoms with Gasteiger partial charge in [0.05, 0.1) is 10.0 Å². The van der Waals surface area contributed by atoms with Crippen molar-refractivity contribution in [3.05, 3.63) is 75.3 Å². The maximum absolute atomic E-state index is 13.2. The van der Waals surface area contributed by atoms with Crippen LogP contribution in [0.2, 0.25) is 0 Å². The maximum atomic E-state index is 13.2. The number of carbonyl (C=O) groups excluding carboxylic acids is 2. The lowest BCUT2D eigenvalue weighted by molar-refractivity contribution is 0.0583. The Labute approximate surface area is 163 Å². The largest absolute Gasteiger partial charge is 0.506 e. The lowest BCUT2D eigenvalue weighted by atomic mass is 9.73. The first-order chi connectivity index (χ1) is 12.9. The number of carbonyl (C=O) groups is 2. The molecule has 0 aromatic heterocycles. The molecule has 27 heavy (non-hydrogen) atoms. The Hall–Kier alpha value is -2.92. The van der Waals surface area contributed by atoms with Gasteiger partial charge in [0.2, 0.25) is 5.78 Å². The minimum absolute atomic E-state index is 0.0726. The highest BCUT2D eigenvalue weighted by Crippen LogP contribution is 2.50. The van der Waals surface area contributed by atoms with E-state index in [4.69, 9.17) is 4.74 Å². The van der Waals surface area contributed by atoms with E-state index in [1.54, 1.807) is 43.3 Å². The Balaban J connectivity index is 1.87. The lowest BCUT2D eigenvalue weighted by Gasteiger charge is -2.39. The van der Waals surface area contributed by atoms with Crippen molar-refractivity contribution >= 4 is 44.3 Å². The zero-order chi connectivity index (χ0) is 18.9. The van der Waals surface area contributed by atoms with E-state index in [9.17, 15) is 14.7 Å². The smallest absolute Gasteiger partial charge is 0.211 e. The predicted octanol–water partition coefficient (Wildman–Crippen LogP) is 4.92. The summed E-state index contributed by atoms with van der Waals surface area (Å²) in [6.45, 7) is 1.63. The summed E-state index contributed by atoms with van der Waals surface area (Å²) in [5, 5.41) is 11.9. The number of rotatable bonds is 0. The number of aromatic hydroxyl groups is 1. The molecule has 132 valence electrons. The van der Waals surface area contributed by atoms with Crippen LogP contribution in [0.5, 0.6) is 11.5 Å². The fourth-order valence-electron chi connectivity index (χ4n) is 3.89. The minimum atomic E-state index is -1.41. The zero-order valence-electron chi connectivity index (χ0n) is 14.2. The van der Waals surface area contributed by atoms with Crippen molar-refractivity contribution in [3.63, 3.8) is 0 Å². The van der Waals surface area contributed by atoms with Crippen LogP contribution in [0.15, 0.2) is 58.6 Å². The summed E-state index contributed by atoms with van der Waals surface area (Å²) in [6.07, 6.45) is 1.66. The quantitative estimate of drug-likeness (QED) is 0.560. The molecular weight excluding hydrogens is 408 g/mol. The second kappa shape index (κ2) is 5.30. The molecule has 5 heteroatoms. The van der Waals surface area contributed by atoms with Crippen LogP contribution in [0.3, 0.4) is 0 Å². The summed E-state index contributed by atoms with van der Waals surface area (Å²) in [7, 11) is 0. The van der Waals surface area contributed by atoms with Crippen molar-refractivity contribution in [1.29, 1.82) is 0 Å². The van der Waals surface area contributed by atoms with Crippen molar-refractivity contribution in [2.75, 3.05) is 0 Å². The molecule has 5 rings (SSSR count). The number of phenols is 1. The summed E-state index contributed by atoms with van der Waals surface area (Å²) in [6, 6.07) is 14.0. The van der Waals surface area contributed by atoms with Gasteiger partial charge in [-0.25, -0.2) is 0 Å². The Morgan fingerprint density at radius 3 is 2.33 bits per heavy atom. The molecule has 3 aromatic carbocycles. The third-order valence-corrected chi connectivity index (χ3v) is 6.12. The monoisotopic (exact) mass is 420 g/mol. The number of halogens is 1. The number of Topliss-reactive ketones (excluding diaryl/α,β-unsaturated/α-hetero) is 2. The molecule has 0 spiro atoms. The van der Waals surface area contributed by atoms with Gasteiger partial charge in [-0.3, -0.25) is 9.59 Å². The van der Waals surface area contributed by atoms with Crippen molar-refractivity contribution in [3.8, 4) is 11.5 Å². The molecule has 1 heterocycles. The molecule has 1 aliphatic heterocycles.